The molecule has 0 fully saturated rings. The average Bonchev–Trinajstić information content (AvgIpc) is 2.87. The van der Waals surface area contributed by atoms with Crippen LogP contribution in [0.25, 0.3) is 0 Å². The molecule has 1 aromatic carbocycles. The fourth-order valence-corrected chi connectivity index (χ4v) is 1.49. The third-order valence-electron chi connectivity index (χ3n) is 2.37. The van der Waals surface area contributed by atoms with Gasteiger partial charge in [-0.1, -0.05) is 11.2 Å². The highest BCUT2D eigenvalue weighted by Gasteiger charge is 2.10. The lowest BCUT2D eigenvalue weighted by Gasteiger charge is -2.05. The Morgan fingerprint density at radius 3 is 2.95 bits per heavy atom. The average molecular weight is 261 g/mol. The molecule has 2 rings (SSSR count). The van der Waals surface area contributed by atoms with Crippen molar-refractivity contribution in [2.24, 2.45) is 0 Å². The summed E-state index contributed by atoms with van der Waals surface area (Å²) in [4.78, 5) is 13.4. The molecule has 1 N–H and O–H groups in total. The second kappa shape index (κ2) is 5.94. The van der Waals surface area contributed by atoms with Crippen LogP contribution >= 0.6 is 0 Å². The molecule has 0 atom stereocenters. The zero-order valence-electron chi connectivity index (χ0n) is 10.8. The van der Waals surface area contributed by atoms with Gasteiger partial charge in [0.05, 0.1) is 13.2 Å². The molecule has 0 aliphatic carbocycles. The third kappa shape index (κ3) is 3.27. The van der Waals surface area contributed by atoms with Crippen molar-refractivity contribution in [3.8, 4) is 5.75 Å². The van der Waals surface area contributed by atoms with Crippen LogP contribution in [0.5, 0.6) is 5.75 Å². The van der Waals surface area contributed by atoms with E-state index in [0.29, 0.717) is 24.5 Å². The van der Waals surface area contributed by atoms with Crippen LogP contribution in [-0.2, 0) is 6.54 Å². The lowest BCUT2D eigenvalue weighted by atomic mass is 10.2. The van der Waals surface area contributed by atoms with Crippen LogP contribution in [0.2, 0.25) is 0 Å². The van der Waals surface area contributed by atoms with Gasteiger partial charge < -0.3 is 4.74 Å². The zero-order chi connectivity index (χ0) is 13.7. The van der Waals surface area contributed by atoms with Crippen molar-refractivity contribution in [2.75, 3.05) is 11.9 Å². The SMILES string of the molecule is CCOc1cccc(C(=O)Nc2nnn(CC)n2)c1. The normalized spacial score (nSPS) is 10.2. The number of tetrazole rings is 1. The maximum atomic E-state index is 12.0. The first kappa shape index (κ1) is 13.0. The topological polar surface area (TPSA) is 81.9 Å². The molecule has 1 amide bonds. The van der Waals surface area contributed by atoms with Crippen molar-refractivity contribution in [1.29, 1.82) is 0 Å². The molecule has 0 aliphatic heterocycles. The molecule has 0 saturated heterocycles. The summed E-state index contributed by atoms with van der Waals surface area (Å²) in [5.41, 5.74) is 0.485. The summed E-state index contributed by atoms with van der Waals surface area (Å²) in [6, 6.07) is 6.92. The van der Waals surface area contributed by atoms with Gasteiger partial charge in [-0.3, -0.25) is 10.1 Å². The third-order valence-corrected chi connectivity index (χ3v) is 2.37. The number of nitrogens with one attached hydrogen (secondary N) is 1. The zero-order valence-corrected chi connectivity index (χ0v) is 10.8. The fourth-order valence-electron chi connectivity index (χ4n) is 1.49. The van der Waals surface area contributed by atoms with Crippen molar-refractivity contribution in [1.82, 2.24) is 20.2 Å². The van der Waals surface area contributed by atoms with Crippen LogP contribution in [-0.4, -0.2) is 32.7 Å². The number of carbonyl (C=O) groups excluding carboxylic acids is 1. The molecule has 0 bridgehead atoms. The van der Waals surface area contributed by atoms with Gasteiger partial charge in [0.2, 0.25) is 0 Å². The number of hydrogen-bond donors (Lipinski definition) is 1. The first-order chi connectivity index (χ1) is 9.22. The van der Waals surface area contributed by atoms with E-state index in [1.54, 1.807) is 24.3 Å². The minimum atomic E-state index is -0.294. The summed E-state index contributed by atoms with van der Waals surface area (Å²) >= 11 is 0. The van der Waals surface area contributed by atoms with Crippen molar-refractivity contribution < 1.29 is 9.53 Å². The highest BCUT2D eigenvalue weighted by atomic mass is 16.5. The number of hydrogen-bond acceptors (Lipinski definition) is 5. The molecule has 0 saturated carbocycles. The van der Waals surface area contributed by atoms with Crippen LogP contribution in [0.1, 0.15) is 24.2 Å². The second-order valence-corrected chi connectivity index (χ2v) is 3.72. The molecule has 19 heavy (non-hydrogen) atoms. The van der Waals surface area contributed by atoms with Gasteiger partial charge in [0.15, 0.2) is 0 Å². The van der Waals surface area contributed by atoms with Crippen molar-refractivity contribution in [3.05, 3.63) is 29.8 Å². The summed E-state index contributed by atoms with van der Waals surface area (Å²) < 4.78 is 5.34. The molecule has 100 valence electrons. The maximum Gasteiger partial charge on any atom is 0.270 e. The van der Waals surface area contributed by atoms with Crippen molar-refractivity contribution in [3.63, 3.8) is 0 Å². The lowest BCUT2D eigenvalue weighted by Crippen LogP contribution is -2.13. The van der Waals surface area contributed by atoms with E-state index in [2.05, 4.69) is 20.7 Å². The number of carbonyl (C=O) groups is 1. The number of nitrogens with zero attached hydrogens (tertiary/aromatic N) is 4. The van der Waals surface area contributed by atoms with Gasteiger partial charge in [-0.25, -0.2) is 0 Å². The van der Waals surface area contributed by atoms with Crippen LogP contribution in [0, 0.1) is 0 Å². The first-order valence-electron chi connectivity index (χ1n) is 6.05. The molecular formula is C12H15N5O2. The Morgan fingerprint density at radius 2 is 2.26 bits per heavy atom. The first-order valence-corrected chi connectivity index (χ1v) is 6.05. The summed E-state index contributed by atoms with van der Waals surface area (Å²) in [5, 5.41) is 14.1. The lowest BCUT2D eigenvalue weighted by molar-refractivity contribution is 0.102. The van der Waals surface area contributed by atoms with E-state index in [4.69, 9.17) is 4.74 Å². The summed E-state index contributed by atoms with van der Waals surface area (Å²) in [6.07, 6.45) is 0. The van der Waals surface area contributed by atoms with Crippen LogP contribution in [0.15, 0.2) is 24.3 Å². The van der Waals surface area contributed by atoms with Gasteiger partial charge in [0.1, 0.15) is 5.75 Å². The molecule has 7 nitrogen and oxygen atoms in total. The van der Waals surface area contributed by atoms with E-state index in [9.17, 15) is 4.79 Å². The van der Waals surface area contributed by atoms with Gasteiger partial charge in [-0.05, 0) is 37.3 Å². The molecule has 0 aliphatic rings. The number of anilines is 1. The Labute approximate surface area is 110 Å². The van der Waals surface area contributed by atoms with Crippen LogP contribution in [0.3, 0.4) is 0 Å². The fraction of sp³-hybridized carbons (Fsp3) is 0.333. The molecular weight excluding hydrogens is 246 g/mol. The minimum Gasteiger partial charge on any atom is -0.494 e. The predicted octanol–water partition coefficient (Wildman–Crippen LogP) is 1.34. The Bertz CT molecular complexity index is 567. The van der Waals surface area contributed by atoms with Gasteiger partial charge in [0.25, 0.3) is 11.9 Å². The highest BCUT2D eigenvalue weighted by molar-refractivity contribution is 6.03. The number of aromatic nitrogens is 4. The van der Waals surface area contributed by atoms with Gasteiger partial charge in [0, 0.05) is 5.56 Å². The number of aryl methyl sites for hydroxylation is 1. The van der Waals surface area contributed by atoms with Crippen molar-refractivity contribution >= 4 is 11.9 Å². The van der Waals surface area contributed by atoms with Crippen molar-refractivity contribution in [2.45, 2.75) is 20.4 Å². The van der Waals surface area contributed by atoms with Crippen LogP contribution in [0.4, 0.5) is 5.95 Å². The van der Waals surface area contributed by atoms with Crippen LogP contribution < -0.4 is 10.1 Å². The maximum absolute atomic E-state index is 12.0. The van der Waals surface area contributed by atoms with Gasteiger partial charge >= 0.3 is 0 Å². The van der Waals surface area contributed by atoms with Gasteiger partial charge in [-0.2, -0.15) is 4.80 Å². The number of rotatable bonds is 5. The summed E-state index contributed by atoms with van der Waals surface area (Å²) in [6.45, 7) is 4.93. The molecule has 1 aromatic heterocycles. The van der Waals surface area contributed by atoms with E-state index in [-0.39, 0.29) is 11.9 Å². The summed E-state index contributed by atoms with van der Waals surface area (Å²) in [7, 11) is 0. The van der Waals surface area contributed by atoms with E-state index in [1.807, 2.05) is 13.8 Å². The Hall–Kier alpha value is -2.44. The number of ether oxygens (including phenoxy) is 1. The second-order valence-electron chi connectivity index (χ2n) is 3.72. The molecule has 1 heterocycles. The smallest absolute Gasteiger partial charge is 0.270 e. The number of amides is 1. The molecule has 2 aromatic rings. The predicted molar refractivity (Wildman–Crippen MR) is 69.1 cm³/mol. The molecule has 7 heteroatoms. The quantitative estimate of drug-likeness (QED) is 0.878. The Kier molecular flexibility index (Phi) is 4.07. The van der Waals surface area contributed by atoms with E-state index >= 15 is 0 Å². The number of benzene rings is 1. The Balaban J connectivity index is 2.08. The molecule has 0 spiro atoms. The Morgan fingerprint density at radius 1 is 1.42 bits per heavy atom. The largest absolute Gasteiger partial charge is 0.494 e. The van der Waals surface area contributed by atoms with E-state index in [0.717, 1.165) is 0 Å². The standard InChI is InChI=1S/C12H15N5O2/c1-3-17-15-12(14-16-17)13-11(18)9-6-5-7-10(8-9)19-4-2/h5-8H,3-4H2,1-2H3,(H,13,15,18). The molecule has 0 unspecified atom stereocenters. The minimum absolute atomic E-state index is 0.189. The van der Waals surface area contributed by atoms with Gasteiger partial charge in [-0.15, -0.1) is 5.10 Å². The monoisotopic (exact) mass is 261 g/mol. The van der Waals surface area contributed by atoms with E-state index < -0.39 is 0 Å². The summed E-state index contributed by atoms with van der Waals surface area (Å²) in [5.74, 6) is 0.547. The van der Waals surface area contributed by atoms with E-state index in [1.165, 1.54) is 4.80 Å². The highest BCUT2D eigenvalue weighted by Crippen LogP contribution is 2.14. The molecule has 0 radical (unpaired) electrons.